The van der Waals surface area contributed by atoms with Gasteiger partial charge in [0.2, 0.25) is 5.95 Å². The molecule has 0 bridgehead atoms. The molecule has 4 aromatic rings. The number of aliphatic hydroxyl groups excluding tert-OH is 1. The molecule has 36 heavy (non-hydrogen) atoms. The summed E-state index contributed by atoms with van der Waals surface area (Å²) in [4.78, 5) is 21.1. The van der Waals surface area contributed by atoms with Crippen molar-refractivity contribution >= 4 is 23.1 Å². The summed E-state index contributed by atoms with van der Waals surface area (Å²) < 4.78 is 2.06. The molecule has 0 aliphatic carbocycles. The van der Waals surface area contributed by atoms with E-state index in [9.17, 15) is 5.11 Å². The number of hydrogen-bond acceptors (Lipinski definition) is 7. The average molecular weight is 482 g/mol. The van der Waals surface area contributed by atoms with E-state index in [0.29, 0.717) is 5.95 Å². The normalized spacial score (nSPS) is 17.2. The number of likely N-dealkylation sites (N-methyl/N-ethyl adjacent to an activating group) is 1. The van der Waals surface area contributed by atoms with Gasteiger partial charge in [0, 0.05) is 61.6 Å². The highest BCUT2D eigenvalue weighted by Crippen LogP contribution is 2.41. The molecule has 0 radical (unpaired) electrons. The van der Waals surface area contributed by atoms with Crippen molar-refractivity contribution < 1.29 is 5.11 Å². The lowest BCUT2D eigenvalue weighted by Gasteiger charge is -2.33. The molecule has 1 atom stereocenters. The third kappa shape index (κ3) is 3.83. The lowest BCUT2D eigenvalue weighted by atomic mass is 10.1. The van der Waals surface area contributed by atoms with Crippen LogP contribution >= 0.6 is 0 Å². The van der Waals surface area contributed by atoms with Crippen molar-refractivity contribution in [3.05, 3.63) is 83.6 Å². The monoisotopic (exact) mass is 481 g/mol. The maximum absolute atomic E-state index is 10.3. The topological polar surface area (TPSA) is 73.5 Å². The first-order valence-corrected chi connectivity index (χ1v) is 12.4. The van der Waals surface area contributed by atoms with Gasteiger partial charge < -0.3 is 24.4 Å². The standard InChI is InChI=1S/C28H31N7O/c1-19-29-13-15-34(19)22-10-8-21(9-11-22)33(3)28-30-25-12-14-32(2)17-24(25)27(31-28)35-23(18-36)16-20-6-4-5-7-26(20)35/h4-11,13,15,23,36H,12,14,16-18H2,1-3H3. The number of aromatic nitrogens is 4. The number of para-hydroxylation sites is 1. The molecule has 1 N–H and O–H groups in total. The number of aliphatic hydroxyl groups is 1. The lowest BCUT2D eigenvalue weighted by molar-refractivity contribution is 0.267. The fraction of sp³-hybridized carbons (Fsp3) is 0.321. The number of fused-ring (bicyclic) bond motifs is 2. The first-order chi connectivity index (χ1) is 17.5. The van der Waals surface area contributed by atoms with Crippen LogP contribution in [0.15, 0.2) is 60.9 Å². The van der Waals surface area contributed by atoms with Gasteiger partial charge in [0.1, 0.15) is 11.6 Å². The minimum Gasteiger partial charge on any atom is -0.394 e. The van der Waals surface area contributed by atoms with Crippen molar-refractivity contribution in [2.45, 2.75) is 32.4 Å². The third-order valence-electron chi connectivity index (χ3n) is 7.37. The van der Waals surface area contributed by atoms with Crippen LogP contribution in [0.1, 0.15) is 22.6 Å². The van der Waals surface area contributed by atoms with Crippen LogP contribution in [0.2, 0.25) is 0 Å². The molecule has 0 saturated carbocycles. The average Bonchev–Trinajstić information content (AvgIpc) is 3.51. The van der Waals surface area contributed by atoms with Crippen molar-refractivity contribution in [1.82, 2.24) is 24.4 Å². The SMILES string of the molecule is Cc1nccn1-c1ccc(N(C)c2nc3c(c(N4c5ccccc5CC4CO)n2)CN(C)CC3)cc1. The molecule has 2 aromatic heterocycles. The second kappa shape index (κ2) is 9.04. The molecule has 1 unspecified atom stereocenters. The van der Waals surface area contributed by atoms with E-state index in [1.807, 2.05) is 31.3 Å². The predicted molar refractivity (Wildman–Crippen MR) is 142 cm³/mol. The first-order valence-electron chi connectivity index (χ1n) is 12.4. The fourth-order valence-electron chi connectivity index (χ4n) is 5.36. The van der Waals surface area contributed by atoms with Crippen LogP contribution in [0.5, 0.6) is 0 Å². The van der Waals surface area contributed by atoms with Gasteiger partial charge in [-0.3, -0.25) is 0 Å². The van der Waals surface area contributed by atoms with Crippen LogP contribution in [-0.2, 0) is 19.4 Å². The molecular formula is C28H31N7O. The summed E-state index contributed by atoms with van der Waals surface area (Å²) in [5.41, 5.74) is 6.69. The van der Waals surface area contributed by atoms with Gasteiger partial charge in [-0.25, -0.2) is 9.97 Å². The number of hydrogen-bond donors (Lipinski definition) is 1. The Morgan fingerprint density at radius 1 is 1.08 bits per heavy atom. The predicted octanol–water partition coefficient (Wildman–Crippen LogP) is 3.78. The number of aryl methyl sites for hydroxylation is 1. The lowest BCUT2D eigenvalue weighted by Crippen LogP contribution is -2.36. The highest BCUT2D eigenvalue weighted by molar-refractivity contribution is 5.73. The van der Waals surface area contributed by atoms with Crippen LogP contribution in [-0.4, -0.2) is 62.8 Å². The Morgan fingerprint density at radius 3 is 2.64 bits per heavy atom. The molecule has 0 saturated heterocycles. The molecule has 2 aromatic carbocycles. The Kier molecular flexibility index (Phi) is 5.70. The molecule has 6 rings (SSSR count). The summed E-state index contributed by atoms with van der Waals surface area (Å²) in [6.07, 6.45) is 5.46. The molecule has 0 amide bonds. The number of rotatable bonds is 5. The molecule has 0 spiro atoms. The van der Waals surface area contributed by atoms with Crippen LogP contribution in [0.3, 0.4) is 0 Å². The molecule has 0 fully saturated rings. The van der Waals surface area contributed by atoms with Crippen LogP contribution in [0.4, 0.5) is 23.1 Å². The van der Waals surface area contributed by atoms with Gasteiger partial charge in [0.15, 0.2) is 0 Å². The molecular weight excluding hydrogens is 450 g/mol. The zero-order valence-corrected chi connectivity index (χ0v) is 21.0. The summed E-state index contributed by atoms with van der Waals surface area (Å²) in [6, 6.07) is 16.7. The molecule has 2 aliphatic heterocycles. The molecule has 184 valence electrons. The second-order valence-corrected chi connectivity index (χ2v) is 9.72. The van der Waals surface area contributed by atoms with Gasteiger partial charge in [0.05, 0.1) is 18.3 Å². The van der Waals surface area contributed by atoms with Gasteiger partial charge in [-0.15, -0.1) is 0 Å². The zero-order valence-electron chi connectivity index (χ0n) is 21.0. The summed E-state index contributed by atoms with van der Waals surface area (Å²) in [5, 5.41) is 10.3. The Morgan fingerprint density at radius 2 is 1.89 bits per heavy atom. The highest BCUT2D eigenvalue weighted by atomic mass is 16.3. The summed E-state index contributed by atoms with van der Waals surface area (Å²) in [5.74, 6) is 2.53. The summed E-state index contributed by atoms with van der Waals surface area (Å²) >= 11 is 0. The van der Waals surface area contributed by atoms with Gasteiger partial charge >= 0.3 is 0 Å². The van der Waals surface area contributed by atoms with Crippen molar-refractivity contribution in [2.24, 2.45) is 0 Å². The number of anilines is 4. The Hall–Kier alpha value is -3.75. The smallest absolute Gasteiger partial charge is 0.231 e. The Bertz CT molecular complexity index is 1400. The minimum absolute atomic E-state index is 0.0375. The van der Waals surface area contributed by atoms with E-state index in [-0.39, 0.29) is 12.6 Å². The van der Waals surface area contributed by atoms with E-state index in [1.165, 1.54) is 5.56 Å². The van der Waals surface area contributed by atoms with Crippen LogP contribution < -0.4 is 9.80 Å². The van der Waals surface area contributed by atoms with E-state index in [1.54, 1.807) is 0 Å². The largest absolute Gasteiger partial charge is 0.394 e. The van der Waals surface area contributed by atoms with Gasteiger partial charge in [-0.2, -0.15) is 4.98 Å². The van der Waals surface area contributed by atoms with Crippen molar-refractivity contribution in [3.8, 4) is 5.69 Å². The van der Waals surface area contributed by atoms with Gasteiger partial charge in [-0.05, 0) is 56.3 Å². The minimum atomic E-state index is -0.0375. The van der Waals surface area contributed by atoms with Gasteiger partial charge in [-0.1, -0.05) is 18.2 Å². The maximum atomic E-state index is 10.3. The van der Waals surface area contributed by atoms with E-state index in [4.69, 9.17) is 9.97 Å². The number of nitrogens with zero attached hydrogens (tertiary/aromatic N) is 7. The molecule has 4 heterocycles. The molecule has 2 aliphatic rings. The van der Waals surface area contributed by atoms with Crippen molar-refractivity contribution in [1.29, 1.82) is 0 Å². The van der Waals surface area contributed by atoms with E-state index in [2.05, 4.69) is 74.9 Å². The first kappa shape index (κ1) is 22.7. The maximum Gasteiger partial charge on any atom is 0.231 e. The van der Waals surface area contributed by atoms with Crippen LogP contribution in [0, 0.1) is 6.92 Å². The van der Waals surface area contributed by atoms with Gasteiger partial charge in [0.25, 0.3) is 0 Å². The fourth-order valence-corrected chi connectivity index (χ4v) is 5.36. The van der Waals surface area contributed by atoms with Crippen molar-refractivity contribution in [2.75, 3.05) is 37.0 Å². The Balaban J connectivity index is 1.42. The summed E-state index contributed by atoms with van der Waals surface area (Å²) in [7, 11) is 4.15. The molecule has 8 nitrogen and oxygen atoms in total. The van der Waals surface area contributed by atoms with E-state index in [0.717, 1.165) is 65.9 Å². The van der Waals surface area contributed by atoms with Crippen LogP contribution in [0.25, 0.3) is 5.69 Å². The van der Waals surface area contributed by atoms with E-state index >= 15 is 0 Å². The number of benzene rings is 2. The van der Waals surface area contributed by atoms with Crippen molar-refractivity contribution in [3.63, 3.8) is 0 Å². The second-order valence-electron chi connectivity index (χ2n) is 9.72. The quantitative estimate of drug-likeness (QED) is 0.465. The van der Waals surface area contributed by atoms with E-state index < -0.39 is 0 Å². The Labute approximate surface area is 211 Å². The number of imidazole rings is 1. The summed E-state index contributed by atoms with van der Waals surface area (Å²) in [6.45, 7) is 3.83. The third-order valence-corrected chi connectivity index (χ3v) is 7.37. The zero-order chi connectivity index (χ0) is 24.8. The molecule has 8 heteroatoms. The highest BCUT2D eigenvalue weighted by Gasteiger charge is 2.34.